The van der Waals surface area contributed by atoms with Gasteiger partial charge >= 0.3 is 0 Å². The molecule has 0 saturated carbocycles. The normalized spacial score (nSPS) is 9.95. The largest absolute Gasteiger partial charge is 0.377 e. The summed E-state index contributed by atoms with van der Waals surface area (Å²) in [5.74, 6) is 0. The van der Waals surface area contributed by atoms with Gasteiger partial charge in [-0.1, -0.05) is 42.5 Å². The third-order valence-electron chi connectivity index (χ3n) is 3.07. The van der Waals surface area contributed by atoms with Crippen molar-refractivity contribution in [3.8, 4) is 17.2 Å². The van der Waals surface area contributed by atoms with Crippen LogP contribution < -0.4 is 0 Å². The van der Waals surface area contributed by atoms with Crippen molar-refractivity contribution in [1.29, 1.82) is 5.26 Å². The van der Waals surface area contributed by atoms with E-state index in [0.29, 0.717) is 18.8 Å². The molecule has 2 aromatic rings. The van der Waals surface area contributed by atoms with Gasteiger partial charge in [-0.15, -0.1) is 6.58 Å². The molecular formula is C18H17NO. The maximum atomic E-state index is 8.79. The maximum absolute atomic E-state index is 8.79. The van der Waals surface area contributed by atoms with Gasteiger partial charge in [0.1, 0.15) is 0 Å². The van der Waals surface area contributed by atoms with Gasteiger partial charge in [0, 0.05) is 0 Å². The van der Waals surface area contributed by atoms with Crippen molar-refractivity contribution in [3.63, 3.8) is 0 Å². The van der Waals surface area contributed by atoms with E-state index in [1.54, 1.807) is 6.08 Å². The lowest BCUT2D eigenvalue weighted by molar-refractivity contribution is 0.166. The predicted molar refractivity (Wildman–Crippen MR) is 81.3 cm³/mol. The van der Waals surface area contributed by atoms with Gasteiger partial charge in [0.15, 0.2) is 0 Å². The van der Waals surface area contributed by atoms with Crippen molar-refractivity contribution in [3.05, 3.63) is 72.3 Å². The molecule has 0 atom stereocenters. The summed E-state index contributed by atoms with van der Waals surface area (Å²) >= 11 is 0. The third kappa shape index (κ3) is 3.81. The van der Waals surface area contributed by atoms with Gasteiger partial charge < -0.3 is 4.74 Å². The van der Waals surface area contributed by atoms with Crippen molar-refractivity contribution >= 4 is 0 Å². The lowest BCUT2D eigenvalue weighted by atomic mass is 10.0. The number of nitriles is 1. The van der Waals surface area contributed by atoms with Gasteiger partial charge in [-0.25, -0.2) is 0 Å². The van der Waals surface area contributed by atoms with E-state index in [-0.39, 0.29) is 0 Å². The summed E-state index contributed by atoms with van der Waals surface area (Å²) in [6, 6.07) is 18.2. The summed E-state index contributed by atoms with van der Waals surface area (Å²) in [7, 11) is 0. The van der Waals surface area contributed by atoms with E-state index < -0.39 is 0 Å². The standard InChI is InChI=1S/C18H17NO/c1-2-12-20-13-11-15-3-7-17(8-4-15)18-9-5-16(14-19)6-10-18/h2-10H,1,11-13H2. The van der Waals surface area contributed by atoms with E-state index in [4.69, 9.17) is 10.00 Å². The highest BCUT2D eigenvalue weighted by Crippen LogP contribution is 2.20. The summed E-state index contributed by atoms with van der Waals surface area (Å²) in [6.45, 7) is 4.93. The molecule has 100 valence electrons. The van der Waals surface area contributed by atoms with Crippen molar-refractivity contribution in [2.75, 3.05) is 13.2 Å². The molecule has 0 N–H and O–H groups in total. The average Bonchev–Trinajstić information content (AvgIpc) is 2.52. The first kappa shape index (κ1) is 14.0. The number of rotatable bonds is 6. The second kappa shape index (κ2) is 7.28. The van der Waals surface area contributed by atoms with Crippen LogP contribution in [0.1, 0.15) is 11.1 Å². The Labute approximate surface area is 119 Å². The molecule has 0 aliphatic rings. The molecule has 2 rings (SSSR count). The molecule has 2 heteroatoms. The number of ether oxygens (including phenoxy) is 1. The maximum Gasteiger partial charge on any atom is 0.0991 e. The molecule has 0 aliphatic heterocycles. The Kier molecular flexibility index (Phi) is 5.11. The van der Waals surface area contributed by atoms with E-state index >= 15 is 0 Å². The zero-order valence-corrected chi connectivity index (χ0v) is 11.4. The van der Waals surface area contributed by atoms with Crippen LogP contribution in [0.5, 0.6) is 0 Å². The summed E-state index contributed by atoms with van der Waals surface area (Å²) < 4.78 is 5.38. The fraction of sp³-hybridized carbons (Fsp3) is 0.167. The fourth-order valence-electron chi connectivity index (χ4n) is 1.96. The summed E-state index contributed by atoms with van der Waals surface area (Å²) in [5.41, 5.74) is 4.22. The second-order valence-corrected chi connectivity index (χ2v) is 4.50. The Morgan fingerprint density at radius 2 is 1.60 bits per heavy atom. The molecule has 0 heterocycles. The zero-order valence-electron chi connectivity index (χ0n) is 11.4. The molecule has 0 spiro atoms. The van der Waals surface area contributed by atoms with Crippen LogP contribution in [0.3, 0.4) is 0 Å². The van der Waals surface area contributed by atoms with Crippen LogP contribution in [-0.2, 0) is 11.2 Å². The molecule has 0 unspecified atom stereocenters. The third-order valence-corrected chi connectivity index (χ3v) is 3.07. The monoisotopic (exact) mass is 263 g/mol. The van der Waals surface area contributed by atoms with Crippen molar-refractivity contribution in [2.45, 2.75) is 6.42 Å². The lowest BCUT2D eigenvalue weighted by Crippen LogP contribution is -1.98. The van der Waals surface area contributed by atoms with Gasteiger partial charge in [-0.05, 0) is 35.2 Å². The predicted octanol–water partition coefficient (Wildman–Crippen LogP) is 3.97. The van der Waals surface area contributed by atoms with Gasteiger partial charge in [-0.2, -0.15) is 5.26 Å². The lowest BCUT2D eigenvalue weighted by Gasteiger charge is -2.05. The van der Waals surface area contributed by atoms with Gasteiger partial charge in [0.2, 0.25) is 0 Å². The van der Waals surface area contributed by atoms with Gasteiger partial charge in [0.05, 0.1) is 24.8 Å². The quantitative estimate of drug-likeness (QED) is 0.583. The molecule has 2 aromatic carbocycles. The Hall–Kier alpha value is -2.37. The molecule has 0 bridgehead atoms. The van der Waals surface area contributed by atoms with Crippen LogP contribution in [0, 0.1) is 11.3 Å². The first-order valence-electron chi connectivity index (χ1n) is 6.61. The molecule has 0 fully saturated rings. The van der Waals surface area contributed by atoms with Gasteiger partial charge in [-0.3, -0.25) is 0 Å². The van der Waals surface area contributed by atoms with Crippen LogP contribution in [0.15, 0.2) is 61.2 Å². The summed E-state index contributed by atoms with van der Waals surface area (Å²) in [6.07, 6.45) is 2.66. The van der Waals surface area contributed by atoms with E-state index in [0.717, 1.165) is 17.5 Å². The van der Waals surface area contributed by atoms with Crippen molar-refractivity contribution in [1.82, 2.24) is 0 Å². The molecule has 0 amide bonds. The molecule has 0 aromatic heterocycles. The average molecular weight is 263 g/mol. The molecule has 20 heavy (non-hydrogen) atoms. The topological polar surface area (TPSA) is 33.0 Å². The number of hydrogen-bond acceptors (Lipinski definition) is 2. The molecular weight excluding hydrogens is 246 g/mol. The second-order valence-electron chi connectivity index (χ2n) is 4.50. The van der Waals surface area contributed by atoms with E-state index in [9.17, 15) is 0 Å². The highest BCUT2D eigenvalue weighted by molar-refractivity contribution is 5.64. The number of benzene rings is 2. The minimum atomic E-state index is 0.601. The Balaban J connectivity index is 2.00. The van der Waals surface area contributed by atoms with Crippen molar-refractivity contribution < 1.29 is 4.74 Å². The van der Waals surface area contributed by atoms with Crippen molar-refractivity contribution in [2.24, 2.45) is 0 Å². The Morgan fingerprint density at radius 3 is 2.15 bits per heavy atom. The SMILES string of the molecule is C=CCOCCc1ccc(-c2ccc(C#N)cc2)cc1. The highest BCUT2D eigenvalue weighted by Gasteiger charge is 1.99. The zero-order chi connectivity index (χ0) is 14.2. The van der Waals surface area contributed by atoms with E-state index in [1.807, 2.05) is 24.3 Å². The van der Waals surface area contributed by atoms with Crippen LogP contribution in [0.25, 0.3) is 11.1 Å². The van der Waals surface area contributed by atoms with Crippen LogP contribution in [-0.4, -0.2) is 13.2 Å². The fourth-order valence-corrected chi connectivity index (χ4v) is 1.96. The van der Waals surface area contributed by atoms with E-state index in [1.165, 1.54) is 5.56 Å². The van der Waals surface area contributed by atoms with Crippen LogP contribution in [0.4, 0.5) is 0 Å². The number of hydrogen-bond donors (Lipinski definition) is 0. The molecule has 0 aliphatic carbocycles. The first-order chi connectivity index (χ1) is 9.83. The Bertz CT molecular complexity index is 591. The first-order valence-corrected chi connectivity index (χ1v) is 6.61. The van der Waals surface area contributed by atoms with Gasteiger partial charge in [0.25, 0.3) is 0 Å². The Morgan fingerprint density at radius 1 is 1.00 bits per heavy atom. The summed E-state index contributed by atoms with van der Waals surface area (Å²) in [5, 5.41) is 8.79. The van der Waals surface area contributed by atoms with Crippen LogP contribution >= 0.6 is 0 Å². The molecule has 0 radical (unpaired) electrons. The smallest absolute Gasteiger partial charge is 0.0991 e. The minimum absolute atomic E-state index is 0.601. The molecule has 0 saturated heterocycles. The molecule has 2 nitrogen and oxygen atoms in total. The van der Waals surface area contributed by atoms with E-state index in [2.05, 4.69) is 36.9 Å². The highest BCUT2D eigenvalue weighted by atomic mass is 16.5. The minimum Gasteiger partial charge on any atom is -0.377 e. The summed E-state index contributed by atoms with van der Waals surface area (Å²) in [4.78, 5) is 0. The van der Waals surface area contributed by atoms with Crippen LogP contribution in [0.2, 0.25) is 0 Å². The number of nitrogens with zero attached hydrogens (tertiary/aromatic N) is 1.